The minimum Gasteiger partial charge on any atom is -0.320 e. The van der Waals surface area contributed by atoms with Crippen molar-refractivity contribution in [1.82, 2.24) is 4.98 Å². The Kier molecular flexibility index (Phi) is 0.926. The van der Waals surface area contributed by atoms with Gasteiger partial charge in [-0.05, 0) is 12.8 Å². The lowest BCUT2D eigenvalue weighted by Gasteiger charge is -2.00. The summed E-state index contributed by atoms with van der Waals surface area (Å²) in [6, 6.07) is 0. The summed E-state index contributed by atoms with van der Waals surface area (Å²) < 4.78 is 0. The van der Waals surface area contributed by atoms with Crippen LogP contribution in [-0.2, 0) is 5.54 Å². The number of rotatable bonds is 1. The summed E-state index contributed by atoms with van der Waals surface area (Å²) in [6.07, 6.45) is 2.22. The Morgan fingerprint density at radius 2 is 2.44 bits per heavy atom. The molecule has 0 aromatic carbocycles. The highest BCUT2D eigenvalue weighted by Crippen LogP contribution is 2.41. The molecule has 2 rings (SSSR count). The summed E-state index contributed by atoms with van der Waals surface area (Å²) in [6.45, 7) is 0. The number of aromatic nitrogens is 1. The van der Waals surface area contributed by atoms with Crippen molar-refractivity contribution in [1.29, 1.82) is 0 Å². The smallest absolute Gasteiger partial charge is 0.0795 e. The van der Waals surface area contributed by atoms with E-state index in [1.807, 2.05) is 10.9 Å². The highest BCUT2D eigenvalue weighted by atomic mass is 32.1. The zero-order valence-corrected chi connectivity index (χ0v) is 5.82. The van der Waals surface area contributed by atoms with E-state index in [2.05, 4.69) is 4.98 Å². The maximum absolute atomic E-state index is 5.86. The van der Waals surface area contributed by atoms with Crippen molar-refractivity contribution < 1.29 is 0 Å². The third kappa shape index (κ3) is 0.767. The van der Waals surface area contributed by atoms with Crippen LogP contribution in [0.4, 0.5) is 0 Å². The molecule has 1 aliphatic rings. The fraction of sp³-hybridized carbons (Fsp3) is 0.500. The average molecular weight is 140 g/mol. The van der Waals surface area contributed by atoms with Crippen LogP contribution >= 0.6 is 11.3 Å². The van der Waals surface area contributed by atoms with Crippen molar-refractivity contribution >= 4 is 11.3 Å². The second kappa shape index (κ2) is 1.55. The lowest BCUT2D eigenvalue weighted by atomic mass is 10.2. The Morgan fingerprint density at radius 1 is 1.67 bits per heavy atom. The number of nitrogens with two attached hydrogens (primary N) is 1. The number of thiazole rings is 1. The van der Waals surface area contributed by atoms with Crippen LogP contribution < -0.4 is 5.73 Å². The van der Waals surface area contributed by atoms with Gasteiger partial charge < -0.3 is 5.73 Å². The molecule has 3 heteroatoms. The van der Waals surface area contributed by atoms with Crippen LogP contribution in [0.15, 0.2) is 10.9 Å². The van der Waals surface area contributed by atoms with Gasteiger partial charge in [0.25, 0.3) is 0 Å². The molecule has 1 heterocycles. The molecule has 0 unspecified atom stereocenters. The van der Waals surface area contributed by atoms with E-state index in [4.69, 9.17) is 5.73 Å². The maximum Gasteiger partial charge on any atom is 0.0795 e. The number of nitrogens with zero attached hydrogens (tertiary/aromatic N) is 1. The molecule has 0 amide bonds. The molecule has 1 aromatic heterocycles. The van der Waals surface area contributed by atoms with Crippen LogP contribution in [0.2, 0.25) is 0 Å². The summed E-state index contributed by atoms with van der Waals surface area (Å²) in [7, 11) is 0. The molecular weight excluding hydrogens is 132 g/mol. The Balaban J connectivity index is 2.34. The van der Waals surface area contributed by atoms with Crippen molar-refractivity contribution in [3.05, 3.63) is 16.6 Å². The van der Waals surface area contributed by atoms with Gasteiger partial charge in [-0.15, -0.1) is 11.3 Å². The summed E-state index contributed by atoms with van der Waals surface area (Å²) in [5, 5.41) is 2.03. The first-order chi connectivity index (χ1) is 4.31. The van der Waals surface area contributed by atoms with Gasteiger partial charge in [0.15, 0.2) is 0 Å². The molecule has 1 aliphatic carbocycles. The predicted octanol–water partition coefficient (Wildman–Crippen LogP) is 1.09. The van der Waals surface area contributed by atoms with Crippen LogP contribution in [0.25, 0.3) is 0 Å². The monoisotopic (exact) mass is 140 g/mol. The van der Waals surface area contributed by atoms with Gasteiger partial charge in [-0.25, -0.2) is 4.98 Å². The molecule has 2 N–H and O–H groups in total. The van der Waals surface area contributed by atoms with E-state index in [1.54, 1.807) is 11.3 Å². The van der Waals surface area contributed by atoms with Crippen molar-refractivity contribution in [2.45, 2.75) is 18.4 Å². The zero-order valence-electron chi connectivity index (χ0n) is 5.00. The van der Waals surface area contributed by atoms with E-state index in [-0.39, 0.29) is 5.54 Å². The largest absolute Gasteiger partial charge is 0.320 e. The van der Waals surface area contributed by atoms with E-state index in [0.29, 0.717) is 0 Å². The quantitative estimate of drug-likeness (QED) is 0.634. The fourth-order valence-corrected chi connectivity index (χ4v) is 1.51. The molecule has 9 heavy (non-hydrogen) atoms. The van der Waals surface area contributed by atoms with Crippen molar-refractivity contribution in [2.75, 3.05) is 0 Å². The molecule has 1 aromatic rings. The first-order valence-electron chi connectivity index (χ1n) is 2.99. The minimum absolute atomic E-state index is 0.0278. The normalized spacial score (nSPS) is 21.9. The lowest BCUT2D eigenvalue weighted by Crippen LogP contribution is -2.18. The molecule has 0 bridgehead atoms. The molecule has 48 valence electrons. The Hall–Kier alpha value is -0.410. The van der Waals surface area contributed by atoms with E-state index in [9.17, 15) is 0 Å². The topological polar surface area (TPSA) is 38.9 Å². The zero-order chi connectivity index (χ0) is 6.32. The van der Waals surface area contributed by atoms with E-state index >= 15 is 0 Å². The highest BCUT2D eigenvalue weighted by molar-refractivity contribution is 7.07. The van der Waals surface area contributed by atoms with E-state index < -0.39 is 0 Å². The second-order valence-corrected chi connectivity index (χ2v) is 3.25. The van der Waals surface area contributed by atoms with Crippen LogP contribution in [0.1, 0.15) is 18.5 Å². The van der Waals surface area contributed by atoms with E-state index in [0.717, 1.165) is 18.5 Å². The molecule has 1 saturated carbocycles. The minimum atomic E-state index is -0.0278. The van der Waals surface area contributed by atoms with Crippen molar-refractivity contribution in [2.24, 2.45) is 5.73 Å². The number of hydrogen-bond donors (Lipinski definition) is 1. The first kappa shape index (κ1) is 5.38. The van der Waals surface area contributed by atoms with Crippen LogP contribution in [0.3, 0.4) is 0 Å². The standard InChI is InChI=1S/C6H8N2S/c7-6(1-2-6)5-3-9-4-8-5/h3-4H,1-2,7H2. The summed E-state index contributed by atoms with van der Waals surface area (Å²) >= 11 is 1.62. The Bertz CT molecular complexity index is 201. The van der Waals surface area contributed by atoms with E-state index in [1.165, 1.54) is 0 Å². The first-order valence-corrected chi connectivity index (χ1v) is 3.93. The molecule has 0 spiro atoms. The van der Waals surface area contributed by atoms with Gasteiger partial charge in [0, 0.05) is 5.38 Å². The highest BCUT2D eigenvalue weighted by Gasteiger charge is 2.41. The SMILES string of the molecule is NC1(c2cscn2)CC1. The van der Waals surface area contributed by atoms with Gasteiger partial charge in [-0.1, -0.05) is 0 Å². The van der Waals surface area contributed by atoms with Crippen molar-refractivity contribution in [3.8, 4) is 0 Å². The van der Waals surface area contributed by atoms with Gasteiger partial charge in [0.2, 0.25) is 0 Å². The molecular formula is C6H8N2S. The third-order valence-electron chi connectivity index (χ3n) is 1.73. The Labute approximate surface area is 57.7 Å². The van der Waals surface area contributed by atoms with Gasteiger partial charge in [-0.2, -0.15) is 0 Å². The lowest BCUT2D eigenvalue weighted by molar-refractivity contribution is 0.715. The summed E-state index contributed by atoms with van der Waals surface area (Å²) in [5.74, 6) is 0. The molecule has 0 aliphatic heterocycles. The molecule has 0 radical (unpaired) electrons. The van der Waals surface area contributed by atoms with Crippen LogP contribution in [-0.4, -0.2) is 4.98 Å². The summed E-state index contributed by atoms with van der Waals surface area (Å²) in [5.41, 5.74) is 8.74. The molecule has 0 saturated heterocycles. The molecule has 0 atom stereocenters. The van der Waals surface area contributed by atoms with Crippen LogP contribution in [0, 0.1) is 0 Å². The van der Waals surface area contributed by atoms with Crippen molar-refractivity contribution in [3.63, 3.8) is 0 Å². The fourth-order valence-electron chi connectivity index (χ4n) is 0.849. The van der Waals surface area contributed by atoms with Gasteiger partial charge in [0.1, 0.15) is 0 Å². The Morgan fingerprint density at radius 3 is 2.89 bits per heavy atom. The second-order valence-electron chi connectivity index (χ2n) is 2.53. The average Bonchev–Trinajstić information content (AvgIpc) is 2.46. The molecule has 2 nitrogen and oxygen atoms in total. The van der Waals surface area contributed by atoms with Gasteiger partial charge in [0.05, 0.1) is 16.7 Å². The van der Waals surface area contributed by atoms with Crippen LogP contribution in [0.5, 0.6) is 0 Å². The number of hydrogen-bond acceptors (Lipinski definition) is 3. The molecule has 1 fully saturated rings. The van der Waals surface area contributed by atoms with Gasteiger partial charge in [-0.3, -0.25) is 0 Å². The predicted molar refractivity (Wildman–Crippen MR) is 37.2 cm³/mol. The third-order valence-corrected chi connectivity index (χ3v) is 2.32. The maximum atomic E-state index is 5.86. The van der Waals surface area contributed by atoms with Gasteiger partial charge >= 0.3 is 0 Å². The summed E-state index contributed by atoms with van der Waals surface area (Å²) in [4.78, 5) is 4.14.